The van der Waals surface area contributed by atoms with Crippen LogP contribution >= 0.6 is 0 Å². The Bertz CT molecular complexity index is 730. The van der Waals surface area contributed by atoms with E-state index in [0.717, 1.165) is 0 Å². The van der Waals surface area contributed by atoms with Crippen LogP contribution in [0.15, 0.2) is 9.59 Å². The van der Waals surface area contributed by atoms with Crippen LogP contribution in [0.25, 0.3) is 11.1 Å². The summed E-state index contributed by atoms with van der Waals surface area (Å²) >= 11 is 0. The predicted octanol–water partition coefficient (Wildman–Crippen LogP) is -1.13. The standard InChI is InChI=1S/C11H13N5O3/c1-19-11-3(9(17)10(11)18)2-4(12)6(14)8(16)7(15)5(2)13/h12-16H2,1H3. The lowest BCUT2D eigenvalue weighted by atomic mass is 9.94. The highest BCUT2D eigenvalue weighted by molar-refractivity contribution is 6.06. The first kappa shape index (κ1) is 12.6. The van der Waals surface area contributed by atoms with Gasteiger partial charge >= 0.3 is 0 Å². The van der Waals surface area contributed by atoms with Crippen LogP contribution in [0.1, 0.15) is 0 Å². The fourth-order valence-electron chi connectivity index (χ4n) is 1.91. The molecule has 0 saturated heterocycles. The zero-order valence-electron chi connectivity index (χ0n) is 10.1. The van der Waals surface area contributed by atoms with E-state index >= 15 is 0 Å². The second kappa shape index (κ2) is 3.80. The van der Waals surface area contributed by atoms with Crippen molar-refractivity contribution < 1.29 is 4.74 Å². The molecule has 0 bridgehead atoms. The van der Waals surface area contributed by atoms with Gasteiger partial charge in [0.05, 0.1) is 41.1 Å². The Hall–Kier alpha value is -2.90. The van der Waals surface area contributed by atoms with Crippen molar-refractivity contribution in [1.29, 1.82) is 0 Å². The first-order chi connectivity index (χ1) is 8.82. The predicted molar refractivity (Wildman–Crippen MR) is 75.4 cm³/mol. The molecule has 0 unspecified atom stereocenters. The second-order valence-corrected chi connectivity index (χ2v) is 4.01. The number of methoxy groups -OCH3 is 1. The van der Waals surface area contributed by atoms with E-state index in [4.69, 9.17) is 33.4 Å². The van der Waals surface area contributed by atoms with E-state index in [0.29, 0.717) is 0 Å². The number of rotatable bonds is 2. The van der Waals surface area contributed by atoms with Gasteiger partial charge in [0.1, 0.15) is 0 Å². The van der Waals surface area contributed by atoms with Gasteiger partial charge in [-0.1, -0.05) is 0 Å². The van der Waals surface area contributed by atoms with Gasteiger partial charge in [0.2, 0.25) is 5.43 Å². The van der Waals surface area contributed by atoms with Gasteiger partial charge in [-0.2, -0.15) is 0 Å². The molecule has 0 spiro atoms. The molecule has 0 heterocycles. The summed E-state index contributed by atoms with van der Waals surface area (Å²) in [5.41, 5.74) is 27.2. The van der Waals surface area contributed by atoms with Gasteiger partial charge in [0, 0.05) is 5.56 Å². The first-order valence-corrected chi connectivity index (χ1v) is 5.21. The Balaban J connectivity index is 2.89. The highest BCUT2D eigenvalue weighted by atomic mass is 16.5. The molecule has 0 aliphatic rings. The molecule has 10 N–H and O–H groups in total. The number of hydrogen-bond acceptors (Lipinski definition) is 8. The van der Waals surface area contributed by atoms with Gasteiger partial charge in [0.25, 0.3) is 5.43 Å². The molecule has 2 aromatic rings. The molecule has 8 nitrogen and oxygen atoms in total. The van der Waals surface area contributed by atoms with Crippen molar-refractivity contribution in [3.8, 4) is 16.9 Å². The van der Waals surface area contributed by atoms with Gasteiger partial charge in [-0.25, -0.2) is 0 Å². The quantitative estimate of drug-likeness (QED) is 0.334. The number of hydrogen-bond donors (Lipinski definition) is 5. The highest BCUT2D eigenvalue weighted by Gasteiger charge is 2.29. The molecule has 0 amide bonds. The third kappa shape index (κ3) is 1.39. The molecular weight excluding hydrogens is 250 g/mol. The van der Waals surface area contributed by atoms with Crippen LogP contribution in [0.2, 0.25) is 0 Å². The average molecular weight is 263 g/mol. The lowest BCUT2D eigenvalue weighted by Crippen LogP contribution is -2.34. The molecule has 100 valence electrons. The van der Waals surface area contributed by atoms with Crippen LogP contribution in [-0.4, -0.2) is 7.11 Å². The largest absolute Gasteiger partial charge is 0.492 e. The zero-order valence-corrected chi connectivity index (χ0v) is 10.1. The average Bonchev–Trinajstić information content (AvgIpc) is 2.41. The van der Waals surface area contributed by atoms with Crippen molar-refractivity contribution in [2.75, 3.05) is 35.8 Å². The number of nitrogen functional groups attached to an aromatic ring is 5. The summed E-state index contributed by atoms with van der Waals surface area (Å²) in [6, 6.07) is 0. The smallest absolute Gasteiger partial charge is 0.268 e. The fourth-order valence-corrected chi connectivity index (χ4v) is 1.91. The number of nitrogens with two attached hydrogens (primary N) is 5. The Morgan fingerprint density at radius 1 is 0.684 bits per heavy atom. The minimum Gasteiger partial charge on any atom is -0.492 e. The summed E-state index contributed by atoms with van der Waals surface area (Å²) < 4.78 is 4.84. The molecule has 0 fully saturated rings. The third-order valence-corrected chi connectivity index (χ3v) is 3.02. The first-order valence-electron chi connectivity index (χ1n) is 5.21. The third-order valence-electron chi connectivity index (χ3n) is 3.02. The van der Waals surface area contributed by atoms with Crippen molar-refractivity contribution in [3.63, 3.8) is 0 Å². The number of ether oxygens (including phenoxy) is 1. The summed E-state index contributed by atoms with van der Waals surface area (Å²) in [6.45, 7) is 0. The summed E-state index contributed by atoms with van der Waals surface area (Å²) in [5, 5.41) is 0. The molecule has 0 saturated carbocycles. The molecule has 0 aliphatic carbocycles. The van der Waals surface area contributed by atoms with Crippen LogP contribution in [0.3, 0.4) is 0 Å². The van der Waals surface area contributed by atoms with Gasteiger partial charge in [0.15, 0.2) is 5.75 Å². The Morgan fingerprint density at radius 2 is 1.11 bits per heavy atom. The van der Waals surface area contributed by atoms with Gasteiger partial charge in [-0.3, -0.25) is 9.59 Å². The second-order valence-electron chi connectivity index (χ2n) is 4.01. The minimum absolute atomic E-state index is 0.00500. The highest BCUT2D eigenvalue weighted by Crippen LogP contribution is 2.45. The van der Waals surface area contributed by atoms with Gasteiger partial charge in [-0.15, -0.1) is 0 Å². The van der Waals surface area contributed by atoms with Gasteiger partial charge in [-0.05, 0) is 0 Å². The molecular formula is C11H13N5O3. The lowest BCUT2D eigenvalue weighted by molar-refractivity contribution is 0.407. The van der Waals surface area contributed by atoms with Crippen molar-refractivity contribution >= 4 is 28.4 Å². The molecule has 0 aliphatic heterocycles. The van der Waals surface area contributed by atoms with Crippen molar-refractivity contribution in [1.82, 2.24) is 0 Å². The monoisotopic (exact) mass is 263 g/mol. The van der Waals surface area contributed by atoms with Crippen molar-refractivity contribution in [2.45, 2.75) is 0 Å². The molecule has 2 aromatic carbocycles. The molecule has 8 heteroatoms. The van der Waals surface area contributed by atoms with E-state index in [9.17, 15) is 9.59 Å². The normalized spacial score (nSPS) is 10.8. The van der Waals surface area contributed by atoms with E-state index in [2.05, 4.69) is 0 Å². The lowest BCUT2D eigenvalue weighted by Gasteiger charge is -2.18. The fraction of sp³-hybridized carbons (Fsp3) is 0.0909. The van der Waals surface area contributed by atoms with E-state index in [1.165, 1.54) is 7.11 Å². The Kier molecular flexibility index (Phi) is 2.51. The van der Waals surface area contributed by atoms with E-state index in [1.807, 2.05) is 0 Å². The maximum absolute atomic E-state index is 11.6. The maximum atomic E-state index is 11.6. The van der Waals surface area contributed by atoms with E-state index in [1.54, 1.807) is 0 Å². The number of benzene rings is 1. The summed E-state index contributed by atoms with van der Waals surface area (Å²) in [5.74, 6) is -0.119. The van der Waals surface area contributed by atoms with Crippen LogP contribution in [0, 0.1) is 0 Å². The summed E-state index contributed by atoms with van der Waals surface area (Å²) in [4.78, 5) is 23.0. The van der Waals surface area contributed by atoms with Crippen LogP contribution < -0.4 is 44.3 Å². The van der Waals surface area contributed by atoms with Crippen molar-refractivity contribution in [2.24, 2.45) is 0 Å². The molecule has 19 heavy (non-hydrogen) atoms. The van der Waals surface area contributed by atoms with E-state index < -0.39 is 10.9 Å². The zero-order chi connectivity index (χ0) is 14.5. The topological polar surface area (TPSA) is 173 Å². The SMILES string of the molecule is COc1c(-c2c(N)c(N)c(N)c(N)c2N)c(=O)c1=O. The maximum Gasteiger partial charge on any atom is 0.268 e. The van der Waals surface area contributed by atoms with E-state index in [-0.39, 0.29) is 45.3 Å². The van der Waals surface area contributed by atoms with Gasteiger partial charge < -0.3 is 33.4 Å². The summed E-state index contributed by atoms with van der Waals surface area (Å²) in [7, 11) is 1.26. The molecule has 2 rings (SSSR count). The van der Waals surface area contributed by atoms with Crippen LogP contribution in [0.5, 0.6) is 5.75 Å². The number of anilines is 5. The summed E-state index contributed by atoms with van der Waals surface area (Å²) in [6.07, 6.45) is 0. The Labute approximate surface area is 107 Å². The van der Waals surface area contributed by atoms with Crippen molar-refractivity contribution in [3.05, 3.63) is 20.4 Å². The molecule has 0 aromatic heterocycles. The molecule has 0 atom stereocenters. The van der Waals surface area contributed by atoms with Crippen LogP contribution in [-0.2, 0) is 0 Å². The minimum atomic E-state index is -0.751. The van der Waals surface area contributed by atoms with Crippen LogP contribution in [0.4, 0.5) is 28.4 Å². The molecule has 0 radical (unpaired) electrons. The Morgan fingerprint density at radius 3 is 1.53 bits per heavy atom.